The molecule has 8 heteroatoms. The summed E-state index contributed by atoms with van der Waals surface area (Å²) in [5.74, 6) is -0.184. The monoisotopic (exact) mass is 531 g/mol. The number of carbonyl (C=O) groups excluding carboxylic acids is 2. The number of amides is 2. The molecule has 0 heterocycles. The van der Waals surface area contributed by atoms with Crippen LogP contribution < -0.4 is 16.0 Å². The zero-order valence-electron chi connectivity index (χ0n) is 22.4. The fraction of sp³-hybridized carbons (Fsp3) is 0.355. The lowest BCUT2D eigenvalue weighted by Crippen LogP contribution is -2.49. The Bertz CT molecular complexity index is 1190. The molecule has 0 aliphatic heterocycles. The fourth-order valence-corrected chi connectivity index (χ4v) is 5.17. The molecule has 39 heavy (non-hydrogen) atoms. The number of benzene rings is 3. The van der Waals surface area contributed by atoms with Crippen LogP contribution in [-0.4, -0.2) is 55.4 Å². The van der Waals surface area contributed by atoms with Crippen molar-refractivity contribution in [1.82, 2.24) is 16.0 Å². The predicted molar refractivity (Wildman–Crippen MR) is 150 cm³/mol. The lowest BCUT2D eigenvalue weighted by atomic mass is 9.98. The van der Waals surface area contributed by atoms with Gasteiger partial charge in [0.2, 0.25) is 5.91 Å². The Morgan fingerprint density at radius 3 is 2.15 bits per heavy atom. The Labute approximate surface area is 229 Å². The molecule has 0 radical (unpaired) electrons. The van der Waals surface area contributed by atoms with Gasteiger partial charge in [-0.25, -0.2) is 4.79 Å². The van der Waals surface area contributed by atoms with Gasteiger partial charge in [-0.05, 0) is 47.6 Å². The summed E-state index contributed by atoms with van der Waals surface area (Å²) in [7, 11) is 0. The van der Waals surface area contributed by atoms with Crippen LogP contribution in [0, 0.1) is 0 Å². The van der Waals surface area contributed by atoms with E-state index in [4.69, 9.17) is 9.47 Å². The van der Waals surface area contributed by atoms with Crippen molar-refractivity contribution in [1.29, 1.82) is 0 Å². The molecule has 206 valence electrons. The van der Waals surface area contributed by atoms with E-state index in [1.165, 1.54) is 18.1 Å². The number of hydrogen-bond donors (Lipinski definition) is 4. The van der Waals surface area contributed by atoms with Gasteiger partial charge in [0.25, 0.3) is 0 Å². The van der Waals surface area contributed by atoms with Gasteiger partial charge in [0.1, 0.15) is 12.8 Å². The van der Waals surface area contributed by atoms with E-state index >= 15 is 0 Å². The van der Waals surface area contributed by atoms with Gasteiger partial charge in [-0.3, -0.25) is 10.1 Å². The quantitative estimate of drug-likeness (QED) is 0.249. The minimum Gasteiger partial charge on any atom is -0.449 e. The molecular formula is C31H37N3O5. The van der Waals surface area contributed by atoms with Crippen molar-refractivity contribution in [3.63, 3.8) is 0 Å². The van der Waals surface area contributed by atoms with Crippen molar-refractivity contribution in [2.45, 2.75) is 51.0 Å². The van der Waals surface area contributed by atoms with E-state index in [1.807, 2.05) is 54.6 Å². The highest BCUT2D eigenvalue weighted by molar-refractivity contribution is 5.79. The average molecular weight is 532 g/mol. The number of aliphatic hydroxyl groups is 1. The maximum Gasteiger partial charge on any atom is 0.407 e. The molecule has 1 aliphatic carbocycles. The van der Waals surface area contributed by atoms with Crippen molar-refractivity contribution < 1.29 is 24.2 Å². The maximum atomic E-state index is 12.7. The summed E-state index contributed by atoms with van der Waals surface area (Å²) in [5, 5.41) is 17.9. The molecule has 3 aromatic rings. The second kappa shape index (κ2) is 13.9. The van der Waals surface area contributed by atoms with Gasteiger partial charge >= 0.3 is 6.09 Å². The molecule has 0 bridgehead atoms. The first-order valence-corrected chi connectivity index (χ1v) is 13.4. The molecule has 2 amide bonds. The van der Waals surface area contributed by atoms with Gasteiger partial charge in [0.05, 0.1) is 18.9 Å². The number of carbonyl (C=O) groups is 2. The number of nitrogens with one attached hydrogen (secondary N) is 3. The van der Waals surface area contributed by atoms with Crippen LogP contribution in [0.1, 0.15) is 42.9 Å². The molecule has 0 aromatic heterocycles. The third-order valence-corrected chi connectivity index (χ3v) is 6.94. The van der Waals surface area contributed by atoms with Crippen LogP contribution in [0.5, 0.6) is 0 Å². The number of fused-ring (bicyclic) bond motifs is 3. The van der Waals surface area contributed by atoms with Crippen molar-refractivity contribution >= 4 is 12.0 Å². The van der Waals surface area contributed by atoms with Gasteiger partial charge in [-0.2, -0.15) is 0 Å². The van der Waals surface area contributed by atoms with E-state index in [1.54, 1.807) is 6.92 Å². The Kier molecular flexibility index (Phi) is 10.1. The third-order valence-electron chi connectivity index (χ3n) is 6.94. The van der Waals surface area contributed by atoms with Crippen molar-refractivity contribution in [2.24, 2.45) is 0 Å². The first-order valence-electron chi connectivity index (χ1n) is 13.4. The van der Waals surface area contributed by atoms with E-state index in [2.05, 4.69) is 40.2 Å². The summed E-state index contributed by atoms with van der Waals surface area (Å²) in [6.07, 6.45) is -0.406. The largest absolute Gasteiger partial charge is 0.449 e. The normalized spacial score (nSPS) is 14.5. The molecule has 4 N–H and O–H groups in total. The molecule has 4 rings (SSSR count). The maximum absolute atomic E-state index is 12.7. The van der Waals surface area contributed by atoms with Crippen molar-refractivity contribution in [3.8, 4) is 11.1 Å². The first-order chi connectivity index (χ1) is 19.0. The molecule has 8 nitrogen and oxygen atoms in total. The first kappa shape index (κ1) is 28.3. The summed E-state index contributed by atoms with van der Waals surface area (Å²) in [5.41, 5.74) is 5.72. The molecular weight excluding hydrogens is 494 g/mol. The van der Waals surface area contributed by atoms with E-state index in [-0.39, 0.29) is 37.7 Å². The standard InChI is InChI=1S/C31H37N3O5/c1-21(36)34-29(18-23-10-4-3-5-11-23)30(39-22(2)33-20-35)16-17-32-31(37)38-19-28-26-14-8-6-12-24(26)25-13-7-9-15-27(25)28/h3-15,22,28-30,33,35H,16-20H2,1-2H3,(H,32,37)(H,34,36). The Morgan fingerprint density at radius 2 is 1.54 bits per heavy atom. The van der Waals surface area contributed by atoms with Gasteiger partial charge in [0.15, 0.2) is 0 Å². The molecule has 3 unspecified atom stereocenters. The van der Waals surface area contributed by atoms with Crippen LogP contribution in [0.2, 0.25) is 0 Å². The Balaban J connectivity index is 1.36. The molecule has 3 aromatic carbocycles. The smallest absolute Gasteiger partial charge is 0.407 e. The number of aliphatic hydroxyl groups excluding tert-OH is 1. The summed E-state index contributed by atoms with van der Waals surface area (Å²) in [4.78, 5) is 24.7. The highest BCUT2D eigenvalue weighted by atomic mass is 16.5. The minimum atomic E-state index is -0.503. The van der Waals surface area contributed by atoms with E-state index in [0.717, 1.165) is 16.7 Å². The van der Waals surface area contributed by atoms with E-state index < -0.39 is 18.4 Å². The Morgan fingerprint density at radius 1 is 0.923 bits per heavy atom. The number of alkyl carbamates (subject to hydrolysis) is 1. The van der Waals surface area contributed by atoms with Crippen LogP contribution >= 0.6 is 0 Å². The van der Waals surface area contributed by atoms with Gasteiger partial charge in [-0.15, -0.1) is 0 Å². The summed E-state index contributed by atoms with van der Waals surface area (Å²) >= 11 is 0. The predicted octanol–water partition coefficient (Wildman–Crippen LogP) is 3.93. The molecule has 0 saturated carbocycles. The van der Waals surface area contributed by atoms with Gasteiger partial charge in [-0.1, -0.05) is 78.9 Å². The average Bonchev–Trinajstić information content (AvgIpc) is 3.25. The Hall–Kier alpha value is -3.72. The second-order valence-electron chi connectivity index (χ2n) is 9.72. The van der Waals surface area contributed by atoms with Gasteiger partial charge < -0.3 is 25.2 Å². The zero-order chi connectivity index (χ0) is 27.6. The van der Waals surface area contributed by atoms with E-state index in [9.17, 15) is 14.7 Å². The van der Waals surface area contributed by atoms with Crippen LogP contribution in [0.4, 0.5) is 4.79 Å². The lowest BCUT2D eigenvalue weighted by Gasteiger charge is -2.31. The van der Waals surface area contributed by atoms with Crippen LogP contribution in [0.15, 0.2) is 78.9 Å². The van der Waals surface area contributed by atoms with Crippen molar-refractivity contribution in [3.05, 3.63) is 95.6 Å². The van der Waals surface area contributed by atoms with Crippen LogP contribution in [0.3, 0.4) is 0 Å². The molecule has 3 atom stereocenters. The highest BCUT2D eigenvalue weighted by Gasteiger charge is 2.29. The summed E-state index contributed by atoms with van der Waals surface area (Å²) in [6.45, 7) is 3.54. The molecule has 0 fully saturated rings. The summed E-state index contributed by atoms with van der Waals surface area (Å²) < 4.78 is 11.8. The topological polar surface area (TPSA) is 109 Å². The highest BCUT2D eigenvalue weighted by Crippen LogP contribution is 2.44. The number of hydrogen-bond acceptors (Lipinski definition) is 6. The van der Waals surface area contributed by atoms with Crippen LogP contribution in [0.25, 0.3) is 11.1 Å². The van der Waals surface area contributed by atoms with E-state index in [0.29, 0.717) is 12.8 Å². The van der Waals surface area contributed by atoms with Crippen molar-refractivity contribution in [2.75, 3.05) is 19.9 Å². The SMILES string of the molecule is CC(=O)NC(Cc1ccccc1)C(CCNC(=O)OCC1c2ccccc2-c2ccccc21)OC(C)NCO. The number of rotatable bonds is 13. The number of ether oxygens (including phenoxy) is 2. The fourth-order valence-electron chi connectivity index (χ4n) is 5.17. The lowest BCUT2D eigenvalue weighted by molar-refractivity contribution is -0.122. The minimum absolute atomic E-state index is 0.0142. The molecule has 0 spiro atoms. The molecule has 1 aliphatic rings. The van der Waals surface area contributed by atoms with Crippen LogP contribution in [-0.2, 0) is 20.7 Å². The summed E-state index contributed by atoms with van der Waals surface area (Å²) in [6, 6.07) is 25.9. The third kappa shape index (κ3) is 7.66. The zero-order valence-corrected chi connectivity index (χ0v) is 22.4. The van der Waals surface area contributed by atoms with Gasteiger partial charge in [0, 0.05) is 19.4 Å². The second-order valence-corrected chi connectivity index (χ2v) is 9.72. The molecule has 0 saturated heterocycles.